The van der Waals surface area contributed by atoms with E-state index in [0.717, 1.165) is 0 Å². The summed E-state index contributed by atoms with van der Waals surface area (Å²) in [5.74, 6) is 0. The van der Waals surface area contributed by atoms with Gasteiger partial charge in [-0.15, -0.1) is 0 Å². The minimum atomic E-state index is -1.33. The lowest BCUT2D eigenvalue weighted by molar-refractivity contribution is 0.205. The Bertz CT molecular complexity index is 320. The third-order valence-corrected chi connectivity index (χ3v) is 2.56. The molecule has 0 saturated carbocycles. The van der Waals surface area contributed by atoms with Crippen LogP contribution >= 0.6 is 0 Å². The number of primary amides is 1. The largest absolute Gasteiger partial charge is 0.465 e. The molecule has 1 rings (SSSR count). The third kappa shape index (κ3) is 9.42. The van der Waals surface area contributed by atoms with E-state index in [4.69, 9.17) is 9.90 Å². The van der Waals surface area contributed by atoms with Crippen LogP contribution in [0, 0.1) is 6.92 Å². The van der Waals surface area contributed by atoms with E-state index in [1.54, 1.807) is 0 Å². The number of carbonyl (C=O) groups is 1. The topological polar surface area (TPSA) is 63.3 Å². The van der Waals surface area contributed by atoms with Gasteiger partial charge in [0.2, 0.25) is 0 Å². The van der Waals surface area contributed by atoms with Crippen molar-refractivity contribution in [3.8, 4) is 0 Å². The lowest BCUT2D eigenvalue weighted by Crippen LogP contribution is -2.03. The number of carboxylic acid groups (broad SMARTS) is 1. The number of rotatable bonds is 5. The SMILES string of the molecule is CCCCCCc1ccccc1C.NC(=O)O. The molecule has 3 heteroatoms. The molecule has 0 radical (unpaired) electrons. The van der Waals surface area contributed by atoms with Gasteiger partial charge < -0.3 is 10.8 Å². The first-order chi connectivity index (χ1) is 8.07. The predicted molar refractivity (Wildman–Crippen MR) is 71.2 cm³/mol. The predicted octanol–water partition coefficient (Wildman–Crippen LogP) is 3.74. The Morgan fingerprint density at radius 1 is 1.24 bits per heavy atom. The molecule has 0 aliphatic rings. The number of benzene rings is 1. The molecule has 0 spiro atoms. The van der Waals surface area contributed by atoms with E-state index in [2.05, 4.69) is 43.8 Å². The fraction of sp³-hybridized carbons (Fsp3) is 0.500. The van der Waals surface area contributed by atoms with Gasteiger partial charge in [-0.3, -0.25) is 0 Å². The summed E-state index contributed by atoms with van der Waals surface area (Å²) in [5, 5.41) is 7.19. The second-order valence-corrected chi connectivity index (χ2v) is 4.08. The van der Waals surface area contributed by atoms with E-state index in [1.165, 1.54) is 43.2 Å². The van der Waals surface area contributed by atoms with Crippen LogP contribution in [0.4, 0.5) is 4.79 Å². The molecular formula is C14H23NO2. The van der Waals surface area contributed by atoms with Gasteiger partial charge in [0.1, 0.15) is 0 Å². The molecule has 0 aliphatic heterocycles. The summed E-state index contributed by atoms with van der Waals surface area (Å²) < 4.78 is 0. The molecule has 0 aliphatic carbocycles. The molecule has 3 nitrogen and oxygen atoms in total. The van der Waals surface area contributed by atoms with E-state index in [1.807, 2.05) is 0 Å². The molecule has 1 aromatic rings. The van der Waals surface area contributed by atoms with Gasteiger partial charge >= 0.3 is 6.09 Å². The smallest absolute Gasteiger partial charge is 0.402 e. The maximum atomic E-state index is 8.78. The van der Waals surface area contributed by atoms with Crippen molar-refractivity contribution in [3.63, 3.8) is 0 Å². The first-order valence-corrected chi connectivity index (χ1v) is 6.10. The summed E-state index contributed by atoms with van der Waals surface area (Å²) in [6.07, 6.45) is 5.36. The maximum absolute atomic E-state index is 8.78. The van der Waals surface area contributed by atoms with Crippen LogP contribution in [0.5, 0.6) is 0 Å². The summed E-state index contributed by atoms with van der Waals surface area (Å²) in [4.78, 5) is 8.78. The second kappa shape index (κ2) is 9.70. The fourth-order valence-electron chi connectivity index (χ4n) is 1.63. The summed E-state index contributed by atoms with van der Waals surface area (Å²) in [6.45, 7) is 4.46. The van der Waals surface area contributed by atoms with Crippen molar-refractivity contribution in [1.82, 2.24) is 0 Å². The molecule has 1 aromatic carbocycles. The second-order valence-electron chi connectivity index (χ2n) is 4.08. The van der Waals surface area contributed by atoms with Crippen LogP contribution in [0.1, 0.15) is 43.7 Å². The van der Waals surface area contributed by atoms with Crippen LogP contribution in [-0.4, -0.2) is 11.2 Å². The molecule has 0 fully saturated rings. The van der Waals surface area contributed by atoms with E-state index in [9.17, 15) is 0 Å². The molecule has 0 saturated heterocycles. The van der Waals surface area contributed by atoms with Crippen molar-refractivity contribution in [2.24, 2.45) is 5.73 Å². The van der Waals surface area contributed by atoms with Crippen molar-refractivity contribution < 1.29 is 9.90 Å². The number of nitrogens with two attached hydrogens (primary N) is 1. The lowest BCUT2D eigenvalue weighted by atomic mass is 10.0. The molecular weight excluding hydrogens is 214 g/mol. The zero-order valence-electron chi connectivity index (χ0n) is 10.8. The molecule has 0 heterocycles. The summed E-state index contributed by atoms with van der Waals surface area (Å²) >= 11 is 0. The third-order valence-electron chi connectivity index (χ3n) is 2.56. The highest BCUT2D eigenvalue weighted by atomic mass is 16.4. The van der Waals surface area contributed by atoms with Crippen LogP contribution in [-0.2, 0) is 6.42 Å². The molecule has 0 aromatic heterocycles. The fourth-order valence-corrected chi connectivity index (χ4v) is 1.63. The summed E-state index contributed by atoms with van der Waals surface area (Å²) in [7, 11) is 0. The number of hydrogen-bond donors (Lipinski definition) is 2. The van der Waals surface area contributed by atoms with Crippen LogP contribution in [0.15, 0.2) is 24.3 Å². The number of unbranched alkanes of at least 4 members (excludes halogenated alkanes) is 3. The van der Waals surface area contributed by atoms with Gasteiger partial charge in [0, 0.05) is 0 Å². The molecule has 0 unspecified atom stereocenters. The van der Waals surface area contributed by atoms with Crippen LogP contribution in [0.2, 0.25) is 0 Å². The van der Waals surface area contributed by atoms with E-state index in [0.29, 0.717) is 0 Å². The quantitative estimate of drug-likeness (QED) is 0.766. The standard InChI is InChI=1S/C13H20.CH3NO2/c1-3-4-5-6-10-13-11-8-7-9-12(13)2;2-1(3)4/h7-9,11H,3-6,10H2,1-2H3;2H2,(H,3,4). The van der Waals surface area contributed by atoms with Crippen molar-refractivity contribution in [1.29, 1.82) is 0 Å². The van der Waals surface area contributed by atoms with Crippen molar-refractivity contribution >= 4 is 6.09 Å². The molecule has 3 N–H and O–H groups in total. The van der Waals surface area contributed by atoms with Gasteiger partial charge in [-0.05, 0) is 30.9 Å². The zero-order chi connectivity index (χ0) is 13.1. The van der Waals surface area contributed by atoms with Gasteiger partial charge in [0.15, 0.2) is 0 Å². The van der Waals surface area contributed by atoms with E-state index >= 15 is 0 Å². The Kier molecular flexibility index (Phi) is 8.84. The first-order valence-electron chi connectivity index (χ1n) is 6.10. The number of amides is 1. The molecule has 17 heavy (non-hydrogen) atoms. The van der Waals surface area contributed by atoms with Gasteiger partial charge in [0.25, 0.3) is 0 Å². The van der Waals surface area contributed by atoms with Gasteiger partial charge in [-0.25, -0.2) is 4.79 Å². The Hall–Kier alpha value is -1.51. The first kappa shape index (κ1) is 15.5. The summed E-state index contributed by atoms with van der Waals surface area (Å²) in [6, 6.07) is 8.71. The Morgan fingerprint density at radius 2 is 1.82 bits per heavy atom. The number of hydrogen-bond acceptors (Lipinski definition) is 1. The normalized spacial score (nSPS) is 9.29. The molecule has 96 valence electrons. The maximum Gasteiger partial charge on any atom is 0.402 e. The van der Waals surface area contributed by atoms with Crippen LogP contribution < -0.4 is 5.73 Å². The van der Waals surface area contributed by atoms with E-state index < -0.39 is 6.09 Å². The average molecular weight is 237 g/mol. The highest BCUT2D eigenvalue weighted by molar-refractivity contribution is 5.61. The molecule has 0 atom stereocenters. The summed E-state index contributed by atoms with van der Waals surface area (Å²) in [5.41, 5.74) is 7.00. The van der Waals surface area contributed by atoms with Gasteiger partial charge in [-0.2, -0.15) is 0 Å². The molecule has 0 bridgehead atoms. The Morgan fingerprint density at radius 3 is 2.35 bits per heavy atom. The minimum Gasteiger partial charge on any atom is -0.465 e. The van der Waals surface area contributed by atoms with Crippen molar-refractivity contribution in [3.05, 3.63) is 35.4 Å². The van der Waals surface area contributed by atoms with Gasteiger partial charge in [-0.1, -0.05) is 50.5 Å². The van der Waals surface area contributed by atoms with Crippen LogP contribution in [0.25, 0.3) is 0 Å². The van der Waals surface area contributed by atoms with Crippen LogP contribution in [0.3, 0.4) is 0 Å². The Balaban J connectivity index is 0.000000557. The lowest BCUT2D eigenvalue weighted by Gasteiger charge is -2.04. The van der Waals surface area contributed by atoms with E-state index in [-0.39, 0.29) is 0 Å². The number of aryl methyl sites for hydroxylation is 2. The monoisotopic (exact) mass is 237 g/mol. The highest BCUT2D eigenvalue weighted by Crippen LogP contribution is 2.11. The zero-order valence-corrected chi connectivity index (χ0v) is 10.8. The Labute approximate surface area is 104 Å². The minimum absolute atomic E-state index is 1.26. The van der Waals surface area contributed by atoms with Crippen molar-refractivity contribution in [2.75, 3.05) is 0 Å². The van der Waals surface area contributed by atoms with Gasteiger partial charge in [0.05, 0.1) is 0 Å². The average Bonchev–Trinajstić information content (AvgIpc) is 2.26. The molecule has 1 amide bonds. The highest BCUT2D eigenvalue weighted by Gasteiger charge is 1.95. The van der Waals surface area contributed by atoms with Crippen molar-refractivity contribution in [2.45, 2.75) is 46.0 Å².